The second-order valence-corrected chi connectivity index (χ2v) is 6.68. The average molecular weight is 350 g/mol. The van der Waals surface area contributed by atoms with Gasteiger partial charge < -0.3 is 14.3 Å². The van der Waals surface area contributed by atoms with E-state index in [0.29, 0.717) is 11.6 Å². The Morgan fingerprint density at radius 1 is 1.32 bits per heavy atom. The molecule has 1 N–H and O–H groups in total. The van der Waals surface area contributed by atoms with Crippen LogP contribution in [0.4, 0.5) is 10.7 Å². The molecule has 2 heterocycles. The molecule has 2 rings (SSSR count). The molecule has 25 heavy (non-hydrogen) atoms. The number of amides is 2. The van der Waals surface area contributed by atoms with E-state index in [1.54, 1.807) is 32.9 Å². The maximum absolute atomic E-state index is 12.3. The summed E-state index contributed by atoms with van der Waals surface area (Å²) in [5, 5.41) is 9.07. The largest absolute Gasteiger partial charge is 0.465 e. The highest BCUT2D eigenvalue weighted by Gasteiger charge is 2.36. The van der Waals surface area contributed by atoms with Gasteiger partial charge in [-0.15, -0.1) is 0 Å². The van der Waals surface area contributed by atoms with Crippen LogP contribution in [0.2, 0.25) is 0 Å². The Hall–Kier alpha value is -2.77. The second kappa shape index (κ2) is 7.00. The molecule has 0 aliphatic carbocycles. The minimum absolute atomic E-state index is 0.200. The van der Waals surface area contributed by atoms with Gasteiger partial charge in [0.15, 0.2) is 0 Å². The monoisotopic (exact) mass is 350 g/mol. The average Bonchev–Trinajstić information content (AvgIpc) is 2.94. The van der Waals surface area contributed by atoms with Gasteiger partial charge in [0.25, 0.3) is 5.91 Å². The predicted octanol–water partition coefficient (Wildman–Crippen LogP) is 2.35. The summed E-state index contributed by atoms with van der Waals surface area (Å²) in [6.45, 7) is 7.26. The maximum atomic E-state index is 12.3. The summed E-state index contributed by atoms with van der Waals surface area (Å²) in [7, 11) is 0. The van der Waals surface area contributed by atoms with Crippen molar-refractivity contribution in [2.45, 2.75) is 39.3 Å². The molecule has 1 aliphatic heterocycles. The summed E-state index contributed by atoms with van der Waals surface area (Å²) in [4.78, 5) is 37.6. The van der Waals surface area contributed by atoms with Crippen LogP contribution in [0.15, 0.2) is 22.6 Å². The molecule has 0 saturated carbocycles. The summed E-state index contributed by atoms with van der Waals surface area (Å²) in [5.74, 6) is -0.149. The van der Waals surface area contributed by atoms with Gasteiger partial charge >= 0.3 is 12.1 Å². The van der Waals surface area contributed by atoms with Gasteiger partial charge in [0.05, 0.1) is 0 Å². The molecular weight excluding hydrogens is 328 g/mol. The number of furan rings is 1. The van der Waals surface area contributed by atoms with Crippen LogP contribution in [0.5, 0.6) is 0 Å². The lowest BCUT2D eigenvalue weighted by Crippen LogP contribution is -2.57. The zero-order chi connectivity index (χ0) is 18.8. The fourth-order valence-electron chi connectivity index (χ4n) is 2.41. The van der Waals surface area contributed by atoms with E-state index in [1.807, 2.05) is 0 Å². The maximum Gasteiger partial charge on any atom is 0.408 e. The fourth-order valence-corrected chi connectivity index (χ4v) is 2.41. The molecule has 1 aliphatic rings. The number of hydrogen-bond acceptors (Lipinski definition) is 5. The van der Waals surface area contributed by atoms with Gasteiger partial charge in [0, 0.05) is 25.2 Å². The van der Waals surface area contributed by atoms with E-state index < -0.39 is 23.7 Å². The zero-order valence-electron chi connectivity index (χ0n) is 14.7. The first-order chi connectivity index (χ1) is 11.6. The third kappa shape index (κ3) is 4.62. The van der Waals surface area contributed by atoms with Crippen LogP contribution in [-0.4, -0.2) is 52.7 Å². The van der Waals surface area contributed by atoms with Crippen LogP contribution in [0.25, 0.3) is 6.08 Å². The minimum atomic E-state index is -1.12. The second-order valence-electron chi connectivity index (χ2n) is 6.68. The molecule has 1 aromatic heterocycles. The van der Waals surface area contributed by atoms with Gasteiger partial charge in [0.1, 0.15) is 17.4 Å². The highest BCUT2D eigenvalue weighted by atomic mass is 16.6. The first kappa shape index (κ1) is 18.6. The summed E-state index contributed by atoms with van der Waals surface area (Å²) in [6, 6.07) is 2.45. The number of carboxylic acid groups (broad SMARTS) is 1. The van der Waals surface area contributed by atoms with Crippen LogP contribution in [0.1, 0.15) is 33.5 Å². The number of anilines is 1. The molecule has 0 aromatic carbocycles. The van der Waals surface area contributed by atoms with Crippen LogP contribution < -0.4 is 4.90 Å². The van der Waals surface area contributed by atoms with Gasteiger partial charge in [-0.2, -0.15) is 0 Å². The van der Waals surface area contributed by atoms with E-state index in [2.05, 4.69) is 0 Å². The Morgan fingerprint density at radius 2 is 2.00 bits per heavy atom. The van der Waals surface area contributed by atoms with Gasteiger partial charge in [-0.3, -0.25) is 14.6 Å². The van der Waals surface area contributed by atoms with E-state index in [9.17, 15) is 14.4 Å². The summed E-state index contributed by atoms with van der Waals surface area (Å²) in [6.07, 6.45) is 1.58. The topological polar surface area (TPSA) is 100 Å². The lowest BCUT2D eigenvalue weighted by Gasteiger charge is -2.36. The molecule has 8 nitrogen and oxygen atoms in total. The van der Waals surface area contributed by atoms with Crippen molar-refractivity contribution in [2.24, 2.45) is 0 Å². The smallest absolute Gasteiger partial charge is 0.408 e. The lowest BCUT2D eigenvalue weighted by atomic mass is 10.2. The number of esters is 1. The van der Waals surface area contributed by atoms with E-state index in [0.717, 1.165) is 4.90 Å². The van der Waals surface area contributed by atoms with Gasteiger partial charge in [-0.05, 0) is 39.8 Å². The molecule has 136 valence electrons. The van der Waals surface area contributed by atoms with Crippen molar-refractivity contribution in [3.63, 3.8) is 0 Å². The van der Waals surface area contributed by atoms with Crippen molar-refractivity contribution in [3.05, 3.63) is 24.0 Å². The number of nitrogens with zero attached hydrogens (tertiary/aromatic N) is 2. The van der Waals surface area contributed by atoms with Crippen molar-refractivity contribution in [3.8, 4) is 0 Å². The third-order valence-corrected chi connectivity index (χ3v) is 3.57. The van der Waals surface area contributed by atoms with Gasteiger partial charge in [-0.25, -0.2) is 9.59 Å². The highest BCUT2D eigenvalue weighted by molar-refractivity contribution is 5.98. The first-order valence-electron chi connectivity index (χ1n) is 7.90. The molecule has 8 heteroatoms. The molecule has 0 radical (unpaired) electrons. The summed E-state index contributed by atoms with van der Waals surface area (Å²) >= 11 is 0. The number of piperazine rings is 1. The van der Waals surface area contributed by atoms with Crippen molar-refractivity contribution in [1.29, 1.82) is 0 Å². The fraction of sp³-hybridized carbons (Fsp3) is 0.471. The molecule has 2 amide bonds. The Balaban J connectivity index is 2.05. The lowest BCUT2D eigenvalue weighted by molar-refractivity contribution is -0.148. The summed E-state index contributed by atoms with van der Waals surface area (Å²) < 4.78 is 10.7. The third-order valence-electron chi connectivity index (χ3n) is 3.57. The van der Waals surface area contributed by atoms with Crippen molar-refractivity contribution in [2.75, 3.05) is 18.0 Å². The first-order valence-corrected chi connectivity index (χ1v) is 7.90. The number of ether oxygens (including phenoxy) is 1. The SMILES string of the molecule is C[C@H]1C(=O)N(c2ccc(/C=C/C(=O)OC(C)(C)C)o2)CCN1C(=O)O. The summed E-state index contributed by atoms with van der Waals surface area (Å²) in [5.41, 5.74) is -0.581. The highest BCUT2D eigenvalue weighted by Crippen LogP contribution is 2.24. The number of carbonyl (C=O) groups is 3. The van der Waals surface area contributed by atoms with E-state index in [4.69, 9.17) is 14.3 Å². The quantitative estimate of drug-likeness (QED) is 0.663. The number of hydrogen-bond donors (Lipinski definition) is 1. The van der Waals surface area contributed by atoms with Crippen LogP contribution >= 0.6 is 0 Å². The van der Waals surface area contributed by atoms with Gasteiger partial charge in [-0.1, -0.05) is 0 Å². The zero-order valence-corrected chi connectivity index (χ0v) is 14.7. The molecular formula is C17H22N2O6. The molecule has 0 spiro atoms. The van der Waals surface area contributed by atoms with E-state index in [-0.39, 0.29) is 19.0 Å². The number of rotatable bonds is 3. The van der Waals surface area contributed by atoms with Crippen molar-refractivity contribution < 1.29 is 28.6 Å². The Bertz CT molecular complexity index is 700. The minimum Gasteiger partial charge on any atom is -0.465 e. The normalized spacial score (nSPS) is 18.7. The molecule has 0 unspecified atom stereocenters. The van der Waals surface area contributed by atoms with Crippen molar-refractivity contribution >= 4 is 29.9 Å². The predicted molar refractivity (Wildman–Crippen MR) is 90.1 cm³/mol. The van der Waals surface area contributed by atoms with Crippen LogP contribution in [0, 0.1) is 0 Å². The Labute approximate surface area is 145 Å². The van der Waals surface area contributed by atoms with E-state index >= 15 is 0 Å². The molecule has 1 saturated heterocycles. The standard InChI is InChI=1S/C17H22N2O6/c1-11-15(21)19(10-9-18(11)16(22)23)13-7-5-12(24-13)6-8-14(20)25-17(2,3)4/h5-8,11H,9-10H2,1-4H3,(H,22,23)/b8-6+/t11-/m0/s1. The molecule has 1 aromatic rings. The van der Waals surface area contributed by atoms with E-state index in [1.165, 1.54) is 24.0 Å². The molecule has 1 fully saturated rings. The van der Waals surface area contributed by atoms with Crippen molar-refractivity contribution in [1.82, 2.24) is 4.90 Å². The van der Waals surface area contributed by atoms with Crippen LogP contribution in [-0.2, 0) is 14.3 Å². The van der Waals surface area contributed by atoms with Crippen LogP contribution in [0.3, 0.4) is 0 Å². The molecule has 0 bridgehead atoms. The Morgan fingerprint density at radius 3 is 2.60 bits per heavy atom. The Kier molecular flexibility index (Phi) is 5.20. The van der Waals surface area contributed by atoms with Gasteiger partial charge in [0.2, 0.25) is 5.88 Å². The number of carbonyl (C=O) groups excluding carboxylic acids is 2. The molecule has 1 atom stereocenters.